The number of aliphatic hydroxyl groups excluding tert-OH is 1. The average Bonchev–Trinajstić information content (AvgIpc) is 0.934. The molecule has 3 amide bonds. The van der Waals surface area contributed by atoms with E-state index in [2.05, 4.69) is 30.9 Å². The van der Waals surface area contributed by atoms with Gasteiger partial charge in [0.25, 0.3) is 5.91 Å². The van der Waals surface area contributed by atoms with E-state index in [1.165, 1.54) is 26.5 Å². The van der Waals surface area contributed by atoms with Crippen molar-refractivity contribution in [2.24, 2.45) is 0 Å². The molecule has 2 aliphatic rings. The fourth-order valence-corrected chi connectivity index (χ4v) is 10.2. The van der Waals surface area contributed by atoms with Crippen molar-refractivity contribution in [3.8, 4) is 11.5 Å². The van der Waals surface area contributed by atoms with Crippen molar-refractivity contribution < 1.29 is 90.7 Å². The minimum absolute atomic E-state index is 0.0490. The Morgan fingerprint density at radius 3 is 1.92 bits per heavy atom. The van der Waals surface area contributed by atoms with Crippen LogP contribution in [0.2, 0.25) is 0 Å². The average molecular weight is 1220 g/mol. The number of hydrogen-bond donors (Lipinski definition) is 4. The predicted octanol–water partition coefficient (Wildman–Crippen LogP) is 4.70. The molecule has 0 unspecified atom stereocenters. The van der Waals surface area contributed by atoms with Gasteiger partial charge in [0.2, 0.25) is 11.8 Å². The van der Waals surface area contributed by atoms with Gasteiger partial charge in [0.15, 0.2) is 41.7 Å². The first-order valence-corrected chi connectivity index (χ1v) is 28.5. The van der Waals surface area contributed by atoms with Crippen LogP contribution in [0.1, 0.15) is 80.2 Å². The fraction of sp³-hybridized carbons (Fsp3) is 0.435. The lowest BCUT2D eigenvalue weighted by Gasteiger charge is -2.44. The summed E-state index contributed by atoms with van der Waals surface area (Å²) < 4.78 is 72.5. The minimum Gasteiger partial charge on any atom is -0.497 e. The van der Waals surface area contributed by atoms with Gasteiger partial charge in [-0.05, 0) is 65.9 Å². The van der Waals surface area contributed by atoms with Crippen molar-refractivity contribution in [2.75, 3.05) is 72.5 Å². The molecule has 4 N–H and O–H groups in total. The normalized spacial score (nSPS) is 20.8. The maximum absolute atomic E-state index is 13.3. The monoisotopic (exact) mass is 1220 g/mol. The fourth-order valence-electron chi connectivity index (χ4n) is 10.2. The van der Waals surface area contributed by atoms with Gasteiger partial charge < -0.3 is 77.9 Å². The van der Waals surface area contributed by atoms with E-state index in [0.29, 0.717) is 29.9 Å². The number of aliphatic hydroxyl groups is 1. The quantitative estimate of drug-likeness (QED) is 0.0151. The summed E-state index contributed by atoms with van der Waals surface area (Å²) in [5.41, 5.74) is 2.02. The van der Waals surface area contributed by atoms with Gasteiger partial charge in [0.05, 0.1) is 47.0 Å². The molecule has 4 heterocycles. The Kier molecular flexibility index (Phi) is 23.8. The van der Waals surface area contributed by atoms with Crippen molar-refractivity contribution in [1.82, 2.24) is 30.2 Å². The number of methoxy groups -OCH3 is 2. The van der Waals surface area contributed by atoms with E-state index >= 15 is 0 Å². The molecule has 26 nitrogen and oxygen atoms in total. The molecule has 8 rings (SSSR count). The summed E-state index contributed by atoms with van der Waals surface area (Å²) >= 11 is 0. The summed E-state index contributed by atoms with van der Waals surface area (Å²) in [6.45, 7) is 4.50. The van der Waals surface area contributed by atoms with Crippen molar-refractivity contribution in [3.63, 3.8) is 0 Å². The number of imidazole rings is 1. The molecule has 2 aliphatic heterocycles. The van der Waals surface area contributed by atoms with Crippen molar-refractivity contribution in [2.45, 2.75) is 108 Å². The van der Waals surface area contributed by atoms with Crippen LogP contribution < -0.4 is 25.4 Å². The van der Waals surface area contributed by atoms with Gasteiger partial charge in [-0.1, -0.05) is 72.8 Å². The van der Waals surface area contributed by atoms with E-state index in [0.717, 1.165) is 30.5 Å². The number of aromatic nitrogens is 4. The molecule has 9 atom stereocenters. The van der Waals surface area contributed by atoms with Crippen LogP contribution in [-0.4, -0.2) is 176 Å². The van der Waals surface area contributed by atoms with Crippen molar-refractivity contribution in [1.29, 1.82) is 0 Å². The molecule has 4 aromatic carbocycles. The first kappa shape index (κ1) is 65.5. The molecule has 0 saturated carbocycles. The zero-order valence-corrected chi connectivity index (χ0v) is 49.6. The SMILES string of the molecule is COc1ccc(C(OC[C@H]2O[C@@H](n3cnc4c(NC(=O)c5ccccc5)ncnc43)[C@H](OCOCCOCCNC(=O)CCCCO[C@@H]3O[C@H](COC(C)=O)[C@H](OC(C)=O)[C@H](OC(C)=O)[C@H]3NC(C)=O)[C@@H]2O)(c2ccccc2)c2ccc(OC)cc2)cc1. The number of nitrogens with one attached hydrogen (secondary N) is 3. The largest absolute Gasteiger partial charge is 0.497 e. The van der Waals surface area contributed by atoms with Crippen LogP contribution in [0.5, 0.6) is 11.5 Å². The number of amides is 3. The number of hydrogen-bond acceptors (Lipinski definition) is 22. The van der Waals surface area contributed by atoms with Crippen LogP contribution >= 0.6 is 0 Å². The van der Waals surface area contributed by atoms with Crippen LogP contribution in [0.3, 0.4) is 0 Å². The van der Waals surface area contributed by atoms with Crippen LogP contribution in [0, 0.1) is 0 Å². The highest BCUT2D eigenvalue weighted by molar-refractivity contribution is 6.06. The third kappa shape index (κ3) is 17.0. The summed E-state index contributed by atoms with van der Waals surface area (Å²) in [6.07, 6.45) is -5.66. The minimum atomic E-state index is -1.32. The molecule has 0 aliphatic carbocycles. The lowest BCUT2D eigenvalue weighted by Crippen LogP contribution is -2.66. The van der Waals surface area contributed by atoms with Crippen LogP contribution in [0.25, 0.3) is 11.2 Å². The molecule has 2 saturated heterocycles. The number of ether oxygens (including phenoxy) is 12. The van der Waals surface area contributed by atoms with Crippen LogP contribution in [0.4, 0.5) is 5.82 Å². The lowest BCUT2D eigenvalue weighted by atomic mass is 9.80. The summed E-state index contributed by atoms with van der Waals surface area (Å²) in [6, 6.07) is 32.3. The summed E-state index contributed by atoms with van der Waals surface area (Å²) in [7, 11) is 3.19. The highest BCUT2D eigenvalue weighted by Gasteiger charge is 2.52. The number of nitrogens with zero attached hydrogens (tertiary/aromatic N) is 4. The second-order valence-electron chi connectivity index (χ2n) is 20.4. The number of carbonyl (C=O) groups excluding carboxylic acids is 6. The number of esters is 3. The Hall–Kier alpha value is -8.47. The number of rotatable bonds is 31. The first-order chi connectivity index (χ1) is 42.6. The molecule has 6 aromatic rings. The van der Waals surface area contributed by atoms with Gasteiger partial charge in [0.1, 0.15) is 67.3 Å². The van der Waals surface area contributed by atoms with E-state index in [9.17, 15) is 33.9 Å². The topological polar surface area (TPSA) is 313 Å². The second-order valence-corrected chi connectivity index (χ2v) is 20.4. The van der Waals surface area contributed by atoms with E-state index in [1.54, 1.807) is 49.1 Å². The Bertz CT molecular complexity index is 3200. The third-order valence-corrected chi connectivity index (χ3v) is 14.3. The van der Waals surface area contributed by atoms with Gasteiger partial charge in [-0.3, -0.25) is 33.3 Å². The number of benzene rings is 4. The molecule has 0 spiro atoms. The molecule has 0 radical (unpaired) electrons. The summed E-state index contributed by atoms with van der Waals surface area (Å²) in [4.78, 5) is 87.6. The molecular formula is C62H73N7O19. The van der Waals surface area contributed by atoms with Gasteiger partial charge in [-0.25, -0.2) is 15.0 Å². The third-order valence-electron chi connectivity index (χ3n) is 14.3. The van der Waals surface area contributed by atoms with Gasteiger partial charge >= 0.3 is 17.9 Å². The molecular weight excluding hydrogens is 1150 g/mol. The lowest BCUT2D eigenvalue weighted by molar-refractivity contribution is -0.277. The first-order valence-electron chi connectivity index (χ1n) is 28.5. The maximum Gasteiger partial charge on any atom is 0.303 e. The molecule has 2 aromatic heterocycles. The van der Waals surface area contributed by atoms with E-state index in [4.69, 9.17) is 56.8 Å². The molecule has 88 heavy (non-hydrogen) atoms. The number of fused-ring (bicyclic) bond motifs is 1. The Morgan fingerprint density at radius 1 is 0.648 bits per heavy atom. The zero-order valence-electron chi connectivity index (χ0n) is 49.6. The number of unbranched alkanes of at least 4 members (excludes halogenated alkanes) is 1. The standard InChI is InChI=1S/C62H73N7O19/c1-38(70)67-51-55(86-41(4)73)54(85-40(3)72)49(33-82-39(2)71)88-61(51)81-29-14-13-19-50(74)63-28-30-79-31-32-80-37-83-56-53(75)48(87-60(56)69-36-66-52-57(64-35-65-58(52)69)68-59(76)42-15-9-7-10-16-42)34-84-62(43-17-11-8-12-18-43,44-20-24-46(77-5)25-21-44)45-22-26-47(78-6)27-23-45/h7-12,15-18,20-27,35-36,48-49,51,53-56,60-61,75H,13-14,19,28-34,37H2,1-6H3,(H,63,74)(H,67,70)(H,64,65,68,76)/t48-,49-,51-,53-,54+,55-,56-,60-,61-/m1/s1. The molecule has 470 valence electrons. The summed E-state index contributed by atoms with van der Waals surface area (Å²) in [5, 5.41) is 20.6. The van der Waals surface area contributed by atoms with Crippen LogP contribution in [-0.2, 0) is 76.9 Å². The number of carbonyl (C=O) groups is 6. The zero-order chi connectivity index (χ0) is 62.6. The predicted molar refractivity (Wildman–Crippen MR) is 311 cm³/mol. The second kappa shape index (κ2) is 32.0. The smallest absolute Gasteiger partial charge is 0.303 e. The highest BCUT2D eigenvalue weighted by atomic mass is 16.7. The Labute approximate surface area is 507 Å². The Morgan fingerprint density at radius 2 is 1.28 bits per heavy atom. The molecule has 0 bridgehead atoms. The van der Waals surface area contributed by atoms with E-state index in [1.807, 2.05) is 78.9 Å². The molecule has 26 heteroatoms. The van der Waals surface area contributed by atoms with E-state index < -0.39 is 90.5 Å². The van der Waals surface area contributed by atoms with Gasteiger partial charge in [-0.2, -0.15) is 0 Å². The van der Waals surface area contributed by atoms with Gasteiger partial charge in [-0.15, -0.1) is 0 Å². The Balaban J connectivity index is 0.866. The van der Waals surface area contributed by atoms with E-state index in [-0.39, 0.29) is 82.3 Å². The van der Waals surface area contributed by atoms with Crippen molar-refractivity contribution in [3.05, 3.63) is 144 Å². The van der Waals surface area contributed by atoms with Crippen molar-refractivity contribution >= 4 is 52.6 Å². The van der Waals surface area contributed by atoms with Crippen LogP contribution in [0.15, 0.2) is 122 Å². The maximum atomic E-state index is 13.3. The summed E-state index contributed by atoms with van der Waals surface area (Å²) in [5.74, 6) is -1.81. The van der Waals surface area contributed by atoms with Gasteiger partial charge in [0, 0.05) is 52.8 Å². The number of anilines is 1. The highest BCUT2D eigenvalue weighted by Crippen LogP contribution is 2.44. The molecule has 2 fully saturated rings.